The number of benzene rings is 8. The molecule has 0 atom stereocenters. The van der Waals surface area contributed by atoms with Gasteiger partial charge in [-0.3, -0.25) is 9.47 Å². The van der Waals surface area contributed by atoms with Crippen LogP contribution < -0.4 is 14.5 Å². The Hall–Kier alpha value is -8.91. The lowest BCUT2D eigenvalue weighted by molar-refractivity contribution is 0.476. The second kappa shape index (κ2) is 15.0. The molecule has 2 aromatic heterocycles. The second-order valence-corrected chi connectivity index (χ2v) is 15.1. The highest BCUT2D eigenvalue weighted by Gasteiger charge is 2.29. The fourth-order valence-electron chi connectivity index (χ4n) is 8.51. The molecule has 0 aliphatic carbocycles. The summed E-state index contributed by atoms with van der Waals surface area (Å²) in [7, 11) is 0. The summed E-state index contributed by atoms with van der Waals surface area (Å²) in [5.74, 6) is 2.81. The largest absolute Gasteiger partial charge is 0.453 e. The van der Waals surface area contributed by atoms with Gasteiger partial charge < -0.3 is 9.64 Å². The monoisotopic (exact) mass is 794 g/mol. The van der Waals surface area contributed by atoms with Gasteiger partial charge in [0.25, 0.3) is 0 Å². The number of nitriles is 2. The van der Waals surface area contributed by atoms with E-state index in [1.165, 1.54) is 0 Å². The molecule has 0 radical (unpaired) electrons. The summed E-state index contributed by atoms with van der Waals surface area (Å²) >= 11 is 0. The lowest BCUT2D eigenvalue weighted by Gasteiger charge is -2.33. The van der Waals surface area contributed by atoms with Crippen molar-refractivity contribution in [3.05, 3.63) is 217 Å². The molecule has 7 nitrogen and oxygen atoms in total. The number of pyridine rings is 1. The number of nitrogens with zero attached hydrogens (tertiary/aromatic N) is 6. The van der Waals surface area contributed by atoms with Gasteiger partial charge in [0.2, 0.25) is 0 Å². The van der Waals surface area contributed by atoms with E-state index in [-0.39, 0.29) is 0 Å². The molecule has 0 saturated carbocycles. The highest BCUT2D eigenvalue weighted by Crippen LogP contribution is 2.51. The van der Waals surface area contributed by atoms with Gasteiger partial charge in [0.05, 0.1) is 51.4 Å². The van der Waals surface area contributed by atoms with Crippen LogP contribution >= 0.6 is 0 Å². The van der Waals surface area contributed by atoms with Crippen LogP contribution in [-0.4, -0.2) is 9.55 Å². The van der Waals surface area contributed by atoms with E-state index in [1.807, 2.05) is 97.1 Å². The van der Waals surface area contributed by atoms with Gasteiger partial charge in [0, 0.05) is 34.3 Å². The van der Waals surface area contributed by atoms with Crippen molar-refractivity contribution in [2.24, 2.45) is 0 Å². The summed E-state index contributed by atoms with van der Waals surface area (Å²) in [6.45, 7) is 0. The third kappa shape index (κ3) is 6.26. The number of hydrogen-bond donors (Lipinski definition) is 0. The molecule has 0 bridgehead atoms. The predicted octanol–water partition coefficient (Wildman–Crippen LogP) is 14.3. The molecule has 0 saturated heterocycles. The topological polar surface area (TPSA) is 81.1 Å². The predicted molar refractivity (Wildman–Crippen MR) is 248 cm³/mol. The Morgan fingerprint density at radius 3 is 1.35 bits per heavy atom. The first-order valence-corrected chi connectivity index (χ1v) is 20.3. The Bertz CT molecular complexity index is 3200. The van der Waals surface area contributed by atoms with Crippen molar-refractivity contribution >= 4 is 56.1 Å². The van der Waals surface area contributed by atoms with Crippen LogP contribution in [0.4, 0.5) is 34.3 Å². The number of para-hydroxylation sites is 4. The van der Waals surface area contributed by atoms with Crippen LogP contribution in [0, 0.1) is 22.7 Å². The zero-order valence-corrected chi connectivity index (χ0v) is 33.2. The van der Waals surface area contributed by atoms with E-state index in [9.17, 15) is 10.5 Å². The maximum absolute atomic E-state index is 9.76. The van der Waals surface area contributed by atoms with E-state index in [0.717, 1.165) is 84.0 Å². The molecule has 0 amide bonds. The lowest BCUT2D eigenvalue weighted by atomic mass is 10.0. The van der Waals surface area contributed by atoms with Gasteiger partial charge in [-0.15, -0.1) is 0 Å². The minimum absolute atomic E-state index is 0.557. The average Bonchev–Trinajstić information content (AvgIpc) is 3.67. The van der Waals surface area contributed by atoms with E-state index in [0.29, 0.717) is 22.8 Å². The van der Waals surface area contributed by atoms with Crippen molar-refractivity contribution < 1.29 is 4.74 Å². The van der Waals surface area contributed by atoms with Gasteiger partial charge in [-0.25, -0.2) is 4.98 Å². The molecule has 290 valence electrons. The molecule has 0 N–H and O–H groups in total. The van der Waals surface area contributed by atoms with Crippen LogP contribution in [0.1, 0.15) is 11.1 Å². The van der Waals surface area contributed by atoms with Gasteiger partial charge in [-0.05, 0) is 119 Å². The molecule has 10 aromatic rings. The first-order valence-electron chi connectivity index (χ1n) is 20.3. The third-order valence-electron chi connectivity index (χ3n) is 11.4. The summed E-state index contributed by atoms with van der Waals surface area (Å²) in [6.07, 6.45) is 0. The number of ether oxygens (including phenoxy) is 1. The smallest absolute Gasteiger partial charge is 0.151 e. The molecule has 62 heavy (non-hydrogen) atoms. The van der Waals surface area contributed by atoms with Gasteiger partial charge in [0.15, 0.2) is 11.5 Å². The van der Waals surface area contributed by atoms with Crippen molar-refractivity contribution in [2.75, 3.05) is 9.80 Å². The Kier molecular flexibility index (Phi) is 8.78. The quantitative estimate of drug-likeness (QED) is 0.160. The fourth-order valence-corrected chi connectivity index (χ4v) is 8.51. The minimum Gasteiger partial charge on any atom is -0.453 e. The summed E-state index contributed by atoms with van der Waals surface area (Å²) < 4.78 is 8.72. The Morgan fingerprint density at radius 1 is 0.419 bits per heavy atom. The number of rotatable bonds is 7. The molecule has 0 spiro atoms. The molecule has 0 unspecified atom stereocenters. The van der Waals surface area contributed by atoms with Crippen LogP contribution in [0.25, 0.3) is 49.9 Å². The summed E-state index contributed by atoms with van der Waals surface area (Å²) in [4.78, 5) is 9.91. The van der Waals surface area contributed by atoms with E-state index >= 15 is 0 Å². The highest BCUT2D eigenvalue weighted by molar-refractivity contribution is 6.11. The average molecular weight is 795 g/mol. The number of anilines is 6. The summed E-state index contributed by atoms with van der Waals surface area (Å²) in [6, 6.07) is 74.2. The normalized spacial score (nSPS) is 11.6. The second-order valence-electron chi connectivity index (χ2n) is 15.1. The molecule has 1 aliphatic heterocycles. The SMILES string of the molecule is N#Cc1ccc(N(c2ccc(C#N)cc2)c2cc(N3c4ccccc4Oc4ccccc43)nc(-n3c4ccc(-c5ccccc5)cc4c4cc(-c5ccccc5)ccc43)c2)cc1. The molecule has 1 aliphatic rings. The lowest BCUT2D eigenvalue weighted by Crippen LogP contribution is -2.19. The first kappa shape index (κ1) is 36.2. The first-order chi connectivity index (χ1) is 30.6. The zero-order valence-electron chi connectivity index (χ0n) is 33.2. The minimum atomic E-state index is 0.557. The van der Waals surface area contributed by atoms with Gasteiger partial charge in [-0.2, -0.15) is 10.5 Å². The van der Waals surface area contributed by atoms with Crippen molar-refractivity contribution in [1.82, 2.24) is 9.55 Å². The van der Waals surface area contributed by atoms with Crippen LogP contribution in [0.15, 0.2) is 206 Å². The molecular weight excluding hydrogens is 761 g/mol. The fraction of sp³-hybridized carbons (Fsp3) is 0. The highest BCUT2D eigenvalue weighted by atomic mass is 16.5. The molecule has 7 heteroatoms. The van der Waals surface area contributed by atoms with Crippen LogP contribution in [-0.2, 0) is 0 Å². The zero-order chi connectivity index (χ0) is 41.6. The number of hydrogen-bond acceptors (Lipinski definition) is 6. The molecule has 11 rings (SSSR count). The van der Waals surface area contributed by atoms with Crippen LogP contribution in [0.2, 0.25) is 0 Å². The summed E-state index contributed by atoms with van der Waals surface area (Å²) in [5, 5.41) is 21.7. The standard InChI is InChI=1S/C55H34N6O/c56-35-37-19-25-43(26-20-37)59(44-27-21-38(36-57)22-28-44)45-33-54(58-55(34-45)61-50-15-7-9-17-52(50)62-53-18-10-8-16-51(53)61)60-48-29-23-41(39-11-3-1-4-12-39)31-46(48)47-32-42(24-30-49(47)60)40-13-5-2-6-14-40/h1-34H. The third-order valence-corrected chi connectivity index (χ3v) is 11.4. The van der Waals surface area contributed by atoms with Gasteiger partial charge >= 0.3 is 0 Å². The van der Waals surface area contributed by atoms with E-state index in [4.69, 9.17) is 9.72 Å². The molecular formula is C55H34N6O. The van der Waals surface area contributed by atoms with Crippen molar-refractivity contribution in [1.29, 1.82) is 10.5 Å². The number of fused-ring (bicyclic) bond motifs is 5. The maximum atomic E-state index is 9.76. The van der Waals surface area contributed by atoms with E-state index in [1.54, 1.807) is 0 Å². The van der Waals surface area contributed by atoms with Crippen molar-refractivity contribution in [3.8, 4) is 51.7 Å². The van der Waals surface area contributed by atoms with Gasteiger partial charge in [-0.1, -0.05) is 97.1 Å². The van der Waals surface area contributed by atoms with Crippen LogP contribution in [0.5, 0.6) is 11.5 Å². The summed E-state index contributed by atoms with van der Waals surface area (Å²) in [5.41, 5.74) is 11.9. The van der Waals surface area contributed by atoms with E-state index < -0.39 is 0 Å². The van der Waals surface area contributed by atoms with Crippen molar-refractivity contribution in [3.63, 3.8) is 0 Å². The maximum Gasteiger partial charge on any atom is 0.151 e. The Balaban J connectivity index is 1.22. The molecule has 3 heterocycles. The van der Waals surface area contributed by atoms with Crippen LogP contribution in [0.3, 0.4) is 0 Å². The Morgan fingerprint density at radius 2 is 0.871 bits per heavy atom. The Labute approximate surface area is 358 Å². The number of aromatic nitrogens is 2. The van der Waals surface area contributed by atoms with Gasteiger partial charge in [0.1, 0.15) is 11.6 Å². The molecule has 8 aromatic carbocycles. The molecule has 0 fully saturated rings. The van der Waals surface area contributed by atoms with Crippen molar-refractivity contribution in [2.45, 2.75) is 0 Å². The van der Waals surface area contributed by atoms with E-state index in [2.05, 4.69) is 136 Å².